The molecule has 0 aliphatic carbocycles. The Bertz CT molecular complexity index is 889. The first-order chi connectivity index (χ1) is 11.2. The SMILES string of the molecule is COc1cccc(/C=N\NC(=O)c2ccc3nc(N)sc3c2)c1. The monoisotopic (exact) mass is 326 g/mol. The number of nitrogen functional groups attached to an aromatic ring is 1. The van der Waals surface area contributed by atoms with Crippen molar-refractivity contribution in [2.75, 3.05) is 12.8 Å². The molecule has 0 bridgehead atoms. The smallest absolute Gasteiger partial charge is 0.271 e. The fourth-order valence-electron chi connectivity index (χ4n) is 2.04. The number of benzene rings is 2. The van der Waals surface area contributed by atoms with Gasteiger partial charge < -0.3 is 10.5 Å². The van der Waals surface area contributed by atoms with Crippen LogP contribution < -0.4 is 15.9 Å². The molecule has 3 aromatic rings. The number of carbonyl (C=O) groups is 1. The number of hydrogen-bond donors (Lipinski definition) is 2. The normalized spacial score (nSPS) is 11.0. The Kier molecular flexibility index (Phi) is 4.20. The average Bonchev–Trinajstić information content (AvgIpc) is 2.94. The van der Waals surface area contributed by atoms with Crippen molar-refractivity contribution < 1.29 is 9.53 Å². The van der Waals surface area contributed by atoms with E-state index in [-0.39, 0.29) is 5.91 Å². The highest BCUT2D eigenvalue weighted by atomic mass is 32.1. The number of nitrogens with zero attached hydrogens (tertiary/aromatic N) is 2. The predicted molar refractivity (Wildman–Crippen MR) is 92.1 cm³/mol. The molecule has 0 radical (unpaired) electrons. The number of nitrogens with one attached hydrogen (secondary N) is 1. The zero-order chi connectivity index (χ0) is 16.2. The van der Waals surface area contributed by atoms with E-state index >= 15 is 0 Å². The van der Waals surface area contributed by atoms with Crippen LogP contribution in [0.25, 0.3) is 10.2 Å². The Morgan fingerprint density at radius 1 is 1.35 bits per heavy atom. The average molecular weight is 326 g/mol. The number of aromatic nitrogens is 1. The van der Waals surface area contributed by atoms with E-state index in [1.165, 1.54) is 11.3 Å². The number of ether oxygens (including phenoxy) is 1. The number of hydrogen-bond acceptors (Lipinski definition) is 6. The number of amides is 1. The van der Waals surface area contributed by atoms with Gasteiger partial charge in [0.05, 0.1) is 23.5 Å². The number of anilines is 1. The van der Waals surface area contributed by atoms with Crippen LogP contribution in [-0.2, 0) is 0 Å². The van der Waals surface area contributed by atoms with Gasteiger partial charge >= 0.3 is 0 Å². The maximum Gasteiger partial charge on any atom is 0.271 e. The Hall–Kier alpha value is -2.93. The molecule has 3 rings (SSSR count). The van der Waals surface area contributed by atoms with Crippen LogP contribution in [0, 0.1) is 0 Å². The third-order valence-electron chi connectivity index (χ3n) is 3.14. The number of methoxy groups -OCH3 is 1. The van der Waals surface area contributed by atoms with Crippen molar-refractivity contribution in [2.45, 2.75) is 0 Å². The molecule has 1 heterocycles. The van der Waals surface area contributed by atoms with Crippen LogP contribution >= 0.6 is 11.3 Å². The maximum atomic E-state index is 12.1. The molecule has 0 atom stereocenters. The molecule has 0 spiro atoms. The zero-order valence-electron chi connectivity index (χ0n) is 12.3. The molecule has 0 unspecified atom stereocenters. The predicted octanol–water partition coefficient (Wildman–Crippen LogP) is 2.65. The summed E-state index contributed by atoms with van der Waals surface area (Å²) in [7, 11) is 1.60. The van der Waals surface area contributed by atoms with Gasteiger partial charge in [0.2, 0.25) is 0 Å². The largest absolute Gasteiger partial charge is 0.497 e. The summed E-state index contributed by atoms with van der Waals surface area (Å²) in [5.74, 6) is 0.437. The number of nitrogens with two attached hydrogens (primary N) is 1. The molecule has 7 heteroatoms. The number of fused-ring (bicyclic) bond motifs is 1. The van der Waals surface area contributed by atoms with Gasteiger partial charge in [0.1, 0.15) is 5.75 Å². The van der Waals surface area contributed by atoms with Gasteiger partial charge in [-0.2, -0.15) is 5.10 Å². The number of hydrazone groups is 1. The van der Waals surface area contributed by atoms with E-state index in [0.717, 1.165) is 21.5 Å². The van der Waals surface area contributed by atoms with E-state index in [1.807, 2.05) is 24.3 Å². The fourth-order valence-corrected chi connectivity index (χ4v) is 2.81. The summed E-state index contributed by atoms with van der Waals surface area (Å²) in [6, 6.07) is 12.6. The van der Waals surface area contributed by atoms with E-state index in [2.05, 4.69) is 15.5 Å². The van der Waals surface area contributed by atoms with Crippen molar-refractivity contribution in [3.63, 3.8) is 0 Å². The highest BCUT2D eigenvalue weighted by Crippen LogP contribution is 2.24. The van der Waals surface area contributed by atoms with Crippen LogP contribution in [0.15, 0.2) is 47.6 Å². The molecule has 0 saturated heterocycles. The summed E-state index contributed by atoms with van der Waals surface area (Å²) in [4.78, 5) is 16.3. The molecule has 3 N–H and O–H groups in total. The minimum atomic E-state index is -0.294. The summed E-state index contributed by atoms with van der Waals surface area (Å²) < 4.78 is 6.00. The van der Waals surface area contributed by atoms with Crippen LogP contribution in [0.5, 0.6) is 5.75 Å². The van der Waals surface area contributed by atoms with Gasteiger partial charge in [-0.3, -0.25) is 4.79 Å². The Labute approximate surface area is 136 Å². The molecule has 116 valence electrons. The summed E-state index contributed by atoms with van der Waals surface area (Å²) in [6.45, 7) is 0. The highest BCUT2D eigenvalue weighted by molar-refractivity contribution is 7.22. The summed E-state index contributed by atoms with van der Waals surface area (Å²) in [5, 5.41) is 4.44. The second-order valence-electron chi connectivity index (χ2n) is 4.71. The minimum Gasteiger partial charge on any atom is -0.497 e. The first-order valence-electron chi connectivity index (χ1n) is 6.79. The molecule has 2 aromatic carbocycles. The molecule has 0 fully saturated rings. The highest BCUT2D eigenvalue weighted by Gasteiger charge is 2.07. The van der Waals surface area contributed by atoms with Crippen molar-refractivity contribution in [1.29, 1.82) is 0 Å². The molecule has 0 aliphatic rings. The van der Waals surface area contributed by atoms with Crippen molar-refractivity contribution in [2.24, 2.45) is 5.10 Å². The number of carbonyl (C=O) groups excluding carboxylic acids is 1. The standard InChI is InChI=1S/C16H14N4O2S/c1-22-12-4-2-3-10(7-12)9-18-20-15(21)11-5-6-13-14(8-11)23-16(17)19-13/h2-9H,1H3,(H2,17,19)(H,20,21)/b18-9-. The van der Waals surface area contributed by atoms with Crippen LogP contribution in [0.3, 0.4) is 0 Å². The summed E-state index contributed by atoms with van der Waals surface area (Å²) >= 11 is 1.34. The van der Waals surface area contributed by atoms with Crippen molar-refractivity contribution in [3.8, 4) is 5.75 Å². The van der Waals surface area contributed by atoms with Gasteiger partial charge in [0.15, 0.2) is 5.13 Å². The molecular formula is C16H14N4O2S. The van der Waals surface area contributed by atoms with Gasteiger partial charge in [0, 0.05) is 5.56 Å². The molecule has 6 nitrogen and oxygen atoms in total. The summed E-state index contributed by atoms with van der Waals surface area (Å²) in [5.41, 5.74) is 10.3. The topological polar surface area (TPSA) is 89.6 Å². The Balaban J connectivity index is 1.71. The maximum absolute atomic E-state index is 12.1. The van der Waals surface area contributed by atoms with Gasteiger partial charge in [0.25, 0.3) is 5.91 Å². The van der Waals surface area contributed by atoms with E-state index < -0.39 is 0 Å². The van der Waals surface area contributed by atoms with Gasteiger partial charge in [-0.05, 0) is 35.9 Å². The molecule has 1 amide bonds. The van der Waals surface area contributed by atoms with Gasteiger partial charge in [-0.15, -0.1) is 0 Å². The van der Waals surface area contributed by atoms with Crippen molar-refractivity contribution >= 4 is 38.8 Å². The lowest BCUT2D eigenvalue weighted by Crippen LogP contribution is -2.17. The van der Waals surface area contributed by atoms with Gasteiger partial charge in [-0.25, -0.2) is 10.4 Å². The molecule has 23 heavy (non-hydrogen) atoms. The quantitative estimate of drug-likeness (QED) is 0.570. The fraction of sp³-hybridized carbons (Fsp3) is 0.0625. The van der Waals surface area contributed by atoms with E-state index in [4.69, 9.17) is 10.5 Å². The number of thiazole rings is 1. The van der Waals surface area contributed by atoms with Crippen LogP contribution in [0.1, 0.15) is 15.9 Å². The van der Waals surface area contributed by atoms with E-state index in [1.54, 1.807) is 31.5 Å². The lowest BCUT2D eigenvalue weighted by atomic mass is 10.2. The molecule has 0 aliphatic heterocycles. The van der Waals surface area contributed by atoms with Crippen molar-refractivity contribution in [3.05, 3.63) is 53.6 Å². The molecular weight excluding hydrogens is 312 g/mol. The lowest BCUT2D eigenvalue weighted by Gasteiger charge is -2.01. The lowest BCUT2D eigenvalue weighted by molar-refractivity contribution is 0.0955. The second-order valence-corrected chi connectivity index (χ2v) is 5.77. The summed E-state index contributed by atoms with van der Waals surface area (Å²) in [6.07, 6.45) is 1.56. The van der Waals surface area contributed by atoms with Crippen LogP contribution in [0.4, 0.5) is 5.13 Å². The Morgan fingerprint density at radius 3 is 3.04 bits per heavy atom. The second kappa shape index (κ2) is 6.45. The van der Waals surface area contributed by atoms with Crippen molar-refractivity contribution in [1.82, 2.24) is 10.4 Å². The van der Waals surface area contributed by atoms with E-state index in [9.17, 15) is 4.79 Å². The third kappa shape index (κ3) is 3.46. The first kappa shape index (κ1) is 15.0. The molecule has 1 aromatic heterocycles. The first-order valence-corrected chi connectivity index (χ1v) is 7.61. The van der Waals surface area contributed by atoms with Gasteiger partial charge in [-0.1, -0.05) is 23.5 Å². The van der Waals surface area contributed by atoms with E-state index in [0.29, 0.717) is 10.7 Å². The van der Waals surface area contributed by atoms with Crippen LogP contribution in [-0.4, -0.2) is 24.2 Å². The number of rotatable bonds is 4. The zero-order valence-corrected chi connectivity index (χ0v) is 13.1. The Morgan fingerprint density at radius 2 is 2.22 bits per heavy atom. The molecule has 0 saturated carbocycles. The minimum absolute atomic E-state index is 0.294. The van der Waals surface area contributed by atoms with Crippen LogP contribution in [0.2, 0.25) is 0 Å². The third-order valence-corrected chi connectivity index (χ3v) is 3.99.